The van der Waals surface area contributed by atoms with Crippen LogP contribution >= 0.6 is 0 Å². The fourth-order valence-corrected chi connectivity index (χ4v) is 2.63. The molecule has 1 heterocycles. The van der Waals surface area contributed by atoms with Crippen LogP contribution in [-0.4, -0.2) is 29.6 Å². The van der Waals surface area contributed by atoms with Crippen molar-refractivity contribution in [3.05, 3.63) is 18.2 Å². The lowest BCUT2D eigenvalue weighted by atomic mass is 10.1. The number of nitrogens with zero attached hydrogens (tertiary/aromatic N) is 2. The summed E-state index contributed by atoms with van der Waals surface area (Å²) >= 11 is 0. The second kappa shape index (κ2) is 5.72. The molecule has 5 heteroatoms. The van der Waals surface area contributed by atoms with Gasteiger partial charge in [-0.25, -0.2) is 4.98 Å². The third kappa shape index (κ3) is 3.72. The molecule has 0 aliphatic carbocycles. The van der Waals surface area contributed by atoms with Crippen molar-refractivity contribution in [2.45, 2.75) is 58.0 Å². The summed E-state index contributed by atoms with van der Waals surface area (Å²) in [5.41, 5.74) is -1.35. The monoisotopic (exact) mass is 294 g/mol. The standard InChI is InChI=1S/C15H26N2O2Si/c1-8-15(5,18)13-16-9-10-17(13)11-12-19-20(6,7)14(2,3)4/h1,9-10,18H,11-12H2,2-7H3. The van der Waals surface area contributed by atoms with Gasteiger partial charge >= 0.3 is 0 Å². The Morgan fingerprint density at radius 1 is 1.40 bits per heavy atom. The van der Waals surface area contributed by atoms with Crippen LogP contribution in [0.15, 0.2) is 12.4 Å². The molecule has 0 aliphatic rings. The van der Waals surface area contributed by atoms with Gasteiger partial charge in [0, 0.05) is 18.9 Å². The van der Waals surface area contributed by atoms with Gasteiger partial charge in [0.05, 0.1) is 6.61 Å². The Labute approximate surface area is 123 Å². The molecule has 0 saturated carbocycles. The first-order valence-electron chi connectivity index (χ1n) is 6.87. The Morgan fingerprint density at radius 2 is 2.00 bits per heavy atom. The first-order chi connectivity index (χ1) is 9.01. The van der Waals surface area contributed by atoms with Gasteiger partial charge in [0.15, 0.2) is 19.7 Å². The highest BCUT2D eigenvalue weighted by Gasteiger charge is 2.37. The van der Waals surface area contributed by atoms with Crippen LogP contribution in [0, 0.1) is 12.3 Å². The van der Waals surface area contributed by atoms with Crippen molar-refractivity contribution in [3.8, 4) is 12.3 Å². The van der Waals surface area contributed by atoms with E-state index in [1.807, 2.05) is 10.8 Å². The molecule has 0 bridgehead atoms. The minimum absolute atomic E-state index is 0.190. The minimum Gasteiger partial charge on any atom is -0.415 e. The molecule has 1 N–H and O–H groups in total. The molecular weight excluding hydrogens is 268 g/mol. The van der Waals surface area contributed by atoms with Crippen molar-refractivity contribution in [1.82, 2.24) is 9.55 Å². The van der Waals surface area contributed by atoms with Crippen molar-refractivity contribution in [3.63, 3.8) is 0 Å². The smallest absolute Gasteiger partial charge is 0.192 e. The number of terminal acetylenes is 1. The van der Waals surface area contributed by atoms with Crippen LogP contribution in [0.4, 0.5) is 0 Å². The van der Waals surface area contributed by atoms with Crippen molar-refractivity contribution >= 4 is 8.32 Å². The predicted molar refractivity (Wildman–Crippen MR) is 83.8 cm³/mol. The van der Waals surface area contributed by atoms with Crippen LogP contribution in [0.5, 0.6) is 0 Å². The highest BCUT2D eigenvalue weighted by Crippen LogP contribution is 2.36. The van der Waals surface area contributed by atoms with Gasteiger partial charge in [-0.05, 0) is 25.1 Å². The summed E-state index contributed by atoms with van der Waals surface area (Å²) in [5, 5.41) is 10.3. The Hall–Kier alpha value is -1.09. The summed E-state index contributed by atoms with van der Waals surface area (Å²) in [7, 11) is -1.75. The second-order valence-corrected chi connectivity index (χ2v) is 11.6. The van der Waals surface area contributed by atoms with E-state index in [4.69, 9.17) is 10.8 Å². The topological polar surface area (TPSA) is 47.3 Å². The normalized spacial score (nSPS) is 15.7. The predicted octanol–water partition coefficient (Wildman–Crippen LogP) is 2.75. The molecule has 0 spiro atoms. The molecule has 0 fully saturated rings. The molecule has 0 amide bonds. The largest absolute Gasteiger partial charge is 0.415 e. The summed E-state index contributed by atoms with van der Waals surface area (Å²) < 4.78 is 7.98. The van der Waals surface area contributed by atoms with E-state index in [0.29, 0.717) is 19.0 Å². The summed E-state index contributed by atoms with van der Waals surface area (Å²) in [6, 6.07) is 0. The number of hydrogen-bond acceptors (Lipinski definition) is 3. The summed E-state index contributed by atoms with van der Waals surface area (Å²) in [6.07, 6.45) is 8.81. The summed E-state index contributed by atoms with van der Waals surface area (Å²) in [6.45, 7) is 13.9. The van der Waals surface area contributed by atoms with Crippen LogP contribution in [0.3, 0.4) is 0 Å². The van der Waals surface area contributed by atoms with Gasteiger partial charge in [-0.1, -0.05) is 26.7 Å². The Bertz CT molecular complexity index is 493. The van der Waals surface area contributed by atoms with E-state index >= 15 is 0 Å². The summed E-state index contributed by atoms with van der Waals surface area (Å²) in [4.78, 5) is 4.15. The first-order valence-corrected chi connectivity index (χ1v) is 9.78. The van der Waals surface area contributed by atoms with E-state index in [0.717, 1.165) is 0 Å². The van der Waals surface area contributed by atoms with E-state index in [9.17, 15) is 5.11 Å². The maximum atomic E-state index is 10.1. The molecule has 0 aliphatic heterocycles. The van der Waals surface area contributed by atoms with Crippen molar-refractivity contribution in [2.75, 3.05) is 6.61 Å². The van der Waals surface area contributed by atoms with Crippen LogP contribution < -0.4 is 0 Å². The van der Waals surface area contributed by atoms with E-state index in [2.05, 4.69) is 44.8 Å². The highest BCUT2D eigenvalue weighted by atomic mass is 28.4. The number of imidazole rings is 1. The SMILES string of the molecule is C#CC(C)(O)c1nccn1CCO[Si](C)(C)C(C)(C)C. The third-order valence-corrected chi connectivity index (χ3v) is 8.57. The van der Waals surface area contributed by atoms with Crippen LogP contribution in [0.2, 0.25) is 18.1 Å². The lowest BCUT2D eigenvalue weighted by molar-refractivity contribution is 0.106. The average Bonchev–Trinajstić information content (AvgIpc) is 2.76. The van der Waals surface area contributed by atoms with Crippen LogP contribution in [0.1, 0.15) is 33.5 Å². The number of rotatable bonds is 5. The Kier molecular flexibility index (Phi) is 4.85. The average molecular weight is 294 g/mol. The van der Waals surface area contributed by atoms with E-state index < -0.39 is 13.9 Å². The molecule has 1 atom stereocenters. The fraction of sp³-hybridized carbons (Fsp3) is 0.667. The van der Waals surface area contributed by atoms with Crippen molar-refractivity contribution < 1.29 is 9.53 Å². The van der Waals surface area contributed by atoms with Gasteiger partial charge in [-0.2, -0.15) is 0 Å². The van der Waals surface area contributed by atoms with Gasteiger partial charge < -0.3 is 14.1 Å². The highest BCUT2D eigenvalue weighted by molar-refractivity contribution is 6.74. The van der Waals surface area contributed by atoms with Gasteiger partial charge in [0.2, 0.25) is 0 Å². The Morgan fingerprint density at radius 3 is 2.50 bits per heavy atom. The molecule has 0 radical (unpaired) electrons. The van der Waals surface area contributed by atoms with Gasteiger partial charge in [0.1, 0.15) is 0 Å². The second-order valence-electron chi connectivity index (χ2n) is 6.77. The van der Waals surface area contributed by atoms with Gasteiger partial charge in [-0.3, -0.25) is 0 Å². The van der Waals surface area contributed by atoms with Gasteiger partial charge in [-0.15, -0.1) is 6.42 Å². The molecular formula is C15H26N2O2Si. The molecule has 4 nitrogen and oxygen atoms in total. The van der Waals surface area contributed by atoms with E-state index in [1.165, 1.54) is 0 Å². The Balaban J connectivity index is 2.70. The molecule has 112 valence electrons. The van der Waals surface area contributed by atoms with E-state index in [1.54, 1.807) is 13.1 Å². The molecule has 1 unspecified atom stereocenters. The molecule has 1 aromatic heterocycles. The quantitative estimate of drug-likeness (QED) is 0.671. The number of aromatic nitrogens is 2. The van der Waals surface area contributed by atoms with Gasteiger partial charge in [0.25, 0.3) is 0 Å². The molecule has 20 heavy (non-hydrogen) atoms. The van der Waals surface area contributed by atoms with E-state index in [-0.39, 0.29) is 5.04 Å². The number of hydrogen-bond donors (Lipinski definition) is 1. The lowest BCUT2D eigenvalue weighted by Crippen LogP contribution is -2.41. The fourth-order valence-electron chi connectivity index (χ4n) is 1.60. The van der Waals surface area contributed by atoms with Crippen LogP contribution in [0.25, 0.3) is 0 Å². The van der Waals surface area contributed by atoms with Crippen molar-refractivity contribution in [1.29, 1.82) is 0 Å². The zero-order valence-corrected chi connectivity index (χ0v) is 14.4. The zero-order valence-electron chi connectivity index (χ0n) is 13.4. The van der Waals surface area contributed by atoms with Crippen molar-refractivity contribution in [2.24, 2.45) is 0 Å². The molecule has 1 aromatic rings. The first kappa shape index (κ1) is 17.0. The molecule has 0 saturated heterocycles. The minimum atomic E-state index is -1.75. The lowest BCUT2D eigenvalue weighted by Gasteiger charge is -2.36. The maximum absolute atomic E-state index is 10.1. The third-order valence-electron chi connectivity index (χ3n) is 4.03. The molecule has 0 aromatic carbocycles. The number of aliphatic hydroxyl groups is 1. The zero-order chi connectivity index (χ0) is 15.6. The van der Waals surface area contributed by atoms with Crippen LogP contribution in [-0.2, 0) is 16.6 Å². The molecule has 1 rings (SSSR count). The summed E-state index contributed by atoms with van der Waals surface area (Å²) in [5.74, 6) is 2.84. The maximum Gasteiger partial charge on any atom is 0.192 e.